The molecule has 0 fully saturated rings. The third-order valence-corrected chi connectivity index (χ3v) is 1.49. The van der Waals surface area contributed by atoms with Gasteiger partial charge in [0.15, 0.2) is 0 Å². The van der Waals surface area contributed by atoms with Crippen LogP contribution in [0.3, 0.4) is 0 Å². The van der Waals surface area contributed by atoms with Gasteiger partial charge in [-0.1, -0.05) is 0 Å². The molecule has 0 aliphatic carbocycles. The molecule has 0 spiro atoms. The smallest absolute Gasteiger partial charge is 0.396 e. The van der Waals surface area contributed by atoms with E-state index in [-0.39, 0.29) is 17.3 Å². The number of hydrogen-bond donors (Lipinski definition) is 0. The zero-order chi connectivity index (χ0) is 9.14. The molecule has 0 aromatic carbocycles. The Bertz CT molecular complexity index is 341. The van der Waals surface area contributed by atoms with Crippen molar-refractivity contribution in [2.75, 3.05) is 6.61 Å². The van der Waals surface area contributed by atoms with Gasteiger partial charge in [0.2, 0.25) is 0 Å². The Hall–Kier alpha value is -1.17. The number of hydrogen-bond acceptors (Lipinski definition) is 5. The van der Waals surface area contributed by atoms with Crippen LogP contribution < -0.4 is 0 Å². The summed E-state index contributed by atoms with van der Waals surface area (Å²) < 4.78 is 10.8. The number of aromatic nitrogens is 2. The predicted octanol–water partition coefficient (Wildman–Crippen LogP) is 0.919. The van der Waals surface area contributed by atoms with E-state index in [1.165, 1.54) is 4.68 Å². The molecule has 0 atom stereocenters. The lowest BCUT2D eigenvalue weighted by molar-refractivity contribution is 0.0479. The molecule has 6 heteroatoms. The Morgan fingerprint density at radius 1 is 1.83 bits per heavy atom. The summed E-state index contributed by atoms with van der Waals surface area (Å²) in [4.78, 5) is 11.1. The number of esters is 1. The second-order valence-electron chi connectivity index (χ2n) is 2.02. The summed E-state index contributed by atoms with van der Waals surface area (Å²) in [5, 5.41) is 3.70. The van der Waals surface area contributed by atoms with Gasteiger partial charge in [-0.2, -0.15) is 0 Å². The first-order valence-electron chi connectivity index (χ1n) is 3.36. The minimum Gasteiger partial charge on any atom is -0.459 e. The minimum atomic E-state index is -0.593. The molecule has 12 heavy (non-hydrogen) atoms. The van der Waals surface area contributed by atoms with Crippen LogP contribution in [-0.4, -0.2) is 22.4 Å². The molecule has 1 heterocycles. The van der Waals surface area contributed by atoms with Crippen molar-refractivity contribution in [3.8, 4) is 0 Å². The normalized spacial score (nSPS) is 9.83. The van der Waals surface area contributed by atoms with Gasteiger partial charge in [-0.3, -0.25) is 0 Å². The Labute approximate surface area is 73.9 Å². The molecule has 0 saturated heterocycles. The topological polar surface area (TPSA) is 57.3 Å². The zero-order valence-electron chi connectivity index (χ0n) is 6.73. The van der Waals surface area contributed by atoms with E-state index in [1.54, 1.807) is 14.0 Å². The SMILES string of the molecule is CCOC(=O)c1nn(C)c(=S)o1. The van der Waals surface area contributed by atoms with Crippen molar-refractivity contribution in [1.29, 1.82) is 0 Å². The second-order valence-corrected chi connectivity index (χ2v) is 2.37. The standard InChI is InChI=1S/C6H8N2O3S/c1-3-10-5(9)4-7-8(2)6(12)11-4/h3H2,1-2H3. The van der Waals surface area contributed by atoms with Crippen molar-refractivity contribution in [3.05, 3.63) is 10.7 Å². The van der Waals surface area contributed by atoms with E-state index in [1.807, 2.05) is 0 Å². The van der Waals surface area contributed by atoms with Crippen molar-refractivity contribution in [2.45, 2.75) is 6.92 Å². The molecule has 0 N–H and O–H groups in total. The van der Waals surface area contributed by atoms with E-state index in [0.717, 1.165) is 0 Å². The highest BCUT2D eigenvalue weighted by molar-refractivity contribution is 7.71. The van der Waals surface area contributed by atoms with E-state index < -0.39 is 5.97 Å². The second kappa shape index (κ2) is 3.48. The van der Waals surface area contributed by atoms with Gasteiger partial charge in [0.1, 0.15) is 0 Å². The number of carbonyl (C=O) groups is 1. The number of carbonyl (C=O) groups excluding carboxylic acids is 1. The number of rotatable bonds is 2. The van der Waals surface area contributed by atoms with Crippen LogP contribution in [0.25, 0.3) is 0 Å². The zero-order valence-corrected chi connectivity index (χ0v) is 7.55. The molecule has 0 aliphatic heterocycles. The molecule has 0 aliphatic rings. The lowest BCUT2D eigenvalue weighted by atomic mass is 10.7. The average molecular weight is 188 g/mol. The van der Waals surface area contributed by atoms with Crippen molar-refractivity contribution >= 4 is 18.2 Å². The molecule has 5 nitrogen and oxygen atoms in total. The first-order chi connectivity index (χ1) is 5.65. The molecule has 1 rings (SSSR count). The van der Waals surface area contributed by atoms with Gasteiger partial charge in [0.05, 0.1) is 6.61 Å². The van der Waals surface area contributed by atoms with Crippen LogP contribution in [0.4, 0.5) is 0 Å². The molecule has 0 unspecified atom stereocenters. The third kappa shape index (κ3) is 1.70. The largest absolute Gasteiger partial charge is 0.459 e. The van der Waals surface area contributed by atoms with Crippen LogP contribution in [0.2, 0.25) is 0 Å². The van der Waals surface area contributed by atoms with Crippen LogP contribution in [0.1, 0.15) is 17.6 Å². The van der Waals surface area contributed by atoms with E-state index in [4.69, 9.17) is 16.6 Å². The summed E-state index contributed by atoms with van der Waals surface area (Å²) in [7, 11) is 1.59. The van der Waals surface area contributed by atoms with Gasteiger partial charge in [-0.25, -0.2) is 9.48 Å². The highest BCUT2D eigenvalue weighted by atomic mass is 32.1. The first-order valence-corrected chi connectivity index (χ1v) is 3.77. The van der Waals surface area contributed by atoms with Crippen LogP contribution in [0, 0.1) is 4.84 Å². The molecule has 66 valence electrons. The number of aryl methyl sites for hydroxylation is 1. The highest BCUT2D eigenvalue weighted by Crippen LogP contribution is 1.99. The molecular weight excluding hydrogens is 180 g/mol. The maximum absolute atomic E-state index is 11.0. The summed E-state index contributed by atoms with van der Waals surface area (Å²) in [6.07, 6.45) is 0. The predicted molar refractivity (Wildman–Crippen MR) is 42.3 cm³/mol. The summed E-state index contributed by atoms with van der Waals surface area (Å²) in [6.45, 7) is 1.99. The third-order valence-electron chi connectivity index (χ3n) is 1.14. The monoisotopic (exact) mass is 188 g/mol. The fourth-order valence-corrected chi connectivity index (χ4v) is 0.741. The highest BCUT2D eigenvalue weighted by Gasteiger charge is 2.13. The molecule has 1 aromatic rings. The average Bonchev–Trinajstić information content (AvgIpc) is 2.33. The Morgan fingerprint density at radius 3 is 2.92 bits per heavy atom. The molecule has 0 bridgehead atoms. The van der Waals surface area contributed by atoms with E-state index >= 15 is 0 Å². The van der Waals surface area contributed by atoms with Gasteiger partial charge in [0, 0.05) is 7.05 Å². The Morgan fingerprint density at radius 2 is 2.50 bits per heavy atom. The summed E-state index contributed by atoms with van der Waals surface area (Å²) >= 11 is 4.70. The lowest BCUT2D eigenvalue weighted by Crippen LogP contribution is -2.05. The number of ether oxygens (including phenoxy) is 1. The first kappa shape index (κ1) is 8.92. The van der Waals surface area contributed by atoms with E-state index in [2.05, 4.69) is 9.84 Å². The fraction of sp³-hybridized carbons (Fsp3) is 0.500. The Balaban J connectivity index is 2.89. The van der Waals surface area contributed by atoms with Crippen LogP contribution in [-0.2, 0) is 11.8 Å². The molecule has 0 saturated carbocycles. The quantitative estimate of drug-likeness (QED) is 0.510. The van der Waals surface area contributed by atoms with Crippen LogP contribution in [0.15, 0.2) is 4.42 Å². The van der Waals surface area contributed by atoms with Gasteiger partial charge in [-0.05, 0) is 19.1 Å². The van der Waals surface area contributed by atoms with Gasteiger partial charge < -0.3 is 9.15 Å². The summed E-state index contributed by atoms with van der Waals surface area (Å²) in [6, 6.07) is 0. The lowest BCUT2D eigenvalue weighted by Gasteiger charge is -1.93. The van der Waals surface area contributed by atoms with Crippen molar-refractivity contribution in [3.63, 3.8) is 0 Å². The maximum atomic E-state index is 11.0. The minimum absolute atomic E-state index is 0.107. The van der Waals surface area contributed by atoms with Gasteiger partial charge >= 0.3 is 11.9 Å². The van der Waals surface area contributed by atoms with Gasteiger partial charge in [0.25, 0.3) is 4.84 Å². The van der Waals surface area contributed by atoms with Crippen molar-refractivity contribution in [2.24, 2.45) is 7.05 Å². The van der Waals surface area contributed by atoms with Crippen LogP contribution >= 0.6 is 12.2 Å². The number of nitrogens with zero attached hydrogens (tertiary/aromatic N) is 2. The maximum Gasteiger partial charge on any atom is 0.396 e. The van der Waals surface area contributed by atoms with E-state index in [9.17, 15) is 4.79 Å². The molecule has 0 amide bonds. The molecule has 1 aromatic heterocycles. The molecular formula is C6H8N2O3S. The van der Waals surface area contributed by atoms with Crippen molar-refractivity contribution in [1.82, 2.24) is 9.78 Å². The summed E-state index contributed by atoms with van der Waals surface area (Å²) in [5.74, 6) is -0.700. The Kier molecular flexibility index (Phi) is 2.59. The summed E-state index contributed by atoms with van der Waals surface area (Å²) in [5.41, 5.74) is 0. The van der Waals surface area contributed by atoms with Gasteiger partial charge in [-0.15, -0.1) is 5.10 Å². The molecule has 0 radical (unpaired) electrons. The van der Waals surface area contributed by atoms with Crippen molar-refractivity contribution < 1.29 is 13.9 Å². The van der Waals surface area contributed by atoms with E-state index in [0.29, 0.717) is 0 Å². The fourth-order valence-electron chi connectivity index (χ4n) is 0.622. The van der Waals surface area contributed by atoms with Crippen LogP contribution in [0.5, 0.6) is 0 Å².